The Bertz CT molecular complexity index is 254. The molecule has 2 N–H and O–H groups in total. The number of carboxylic acids is 1. The highest BCUT2D eigenvalue weighted by Crippen LogP contribution is 2.18. The molecule has 0 aromatic carbocycles. The smallest absolute Gasteiger partial charge is 0.308 e. The molecule has 1 heterocycles. The summed E-state index contributed by atoms with van der Waals surface area (Å²) in [6.45, 7) is 3.64. The second-order valence-electron chi connectivity index (χ2n) is 4.00. The van der Waals surface area contributed by atoms with Crippen molar-refractivity contribution in [1.82, 2.24) is 5.32 Å². The van der Waals surface area contributed by atoms with Gasteiger partial charge in [-0.3, -0.25) is 9.59 Å². The largest absolute Gasteiger partial charge is 0.481 e. The average Bonchev–Trinajstić information content (AvgIpc) is 2.60. The number of carboxylic acid groups (broad SMARTS) is 1. The third-order valence-electron chi connectivity index (χ3n) is 2.53. The first-order chi connectivity index (χ1) is 7.00. The molecule has 1 fully saturated rings. The van der Waals surface area contributed by atoms with E-state index in [1.165, 1.54) is 0 Å². The Hall–Kier alpha value is -1.10. The number of aliphatic carboxylic acids is 1. The summed E-state index contributed by atoms with van der Waals surface area (Å²) in [7, 11) is 0. The lowest BCUT2D eigenvalue weighted by Crippen LogP contribution is -2.38. The molecular weight excluding hydrogens is 198 g/mol. The number of carbonyl (C=O) groups excluding carboxylic acids is 1. The Labute approximate surface area is 88.8 Å². The second-order valence-corrected chi connectivity index (χ2v) is 4.00. The number of hydrogen-bond donors (Lipinski definition) is 2. The van der Waals surface area contributed by atoms with Gasteiger partial charge in [0.1, 0.15) is 6.10 Å². The fraction of sp³-hybridized carbons (Fsp3) is 0.800. The summed E-state index contributed by atoms with van der Waals surface area (Å²) in [5.74, 6) is -1.67. The molecule has 0 saturated carbocycles. The number of nitrogens with one attached hydrogen (secondary N) is 1. The molecule has 1 aliphatic rings. The van der Waals surface area contributed by atoms with Gasteiger partial charge in [0.2, 0.25) is 5.91 Å². The van der Waals surface area contributed by atoms with Gasteiger partial charge in [-0.25, -0.2) is 0 Å². The fourth-order valence-electron chi connectivity index (χ4n) is 1.45. The summed E-state index contributed by atoms with van der Waals surface area (Å²) < 4.78 is 5.36. The van der Waals surface area contributed by atoms with Crippen molar-refractivity contribution in [2.75, 3.05) is 6.54 Å². The highest BCUT2D eigenvalue weighted by atomic mass is 16.5. The first-order valence-corrected chi connectivity index (χ1v) is 5.16. The van der Waals surface area contributed by atoms with Crippen LogP contribution in [-0.4, -0.2) is 35.7 Å². The van der Waals surface area contributed by atoms with Crippen LogP contribution in [0, 0.1) is 5.92 Å². The predicted octanol–water partition coefficient (Wildman–Crippen LogP) is 0.391. The topological polar surface area (TPSA) is 75.6 Å². The number of rotatable bonds is 4. The van der Waals surface area contributed by atoms with Crippen LogP contribution >= 0.6 is 0 Å². The molecule has 86 valence electrons. The van der Waals surface area contributed by atoms with Crippen molar-refractivity contribution in [2.45, 2.75) is 38.9 Å². The van der Waals surface area contributed by atoms with Crippen molar-refractivity contribution in [2.24, 2.45) is 5.92 Å². The van der Waals surface area contributed by atoms with Crippen molar-refractivity contribution < 1.29 is 19.4 Å². The van der Waals surface area contributed by atoms with Crippen molar-refractivity contribution in [3.63, 3.8) is 0 Å². The predicted molar refractivity (Wildman–Crippen MR) is 53.4 cm³/mol. The van der Waals surface area contributed by atoms with E-state index in [4.69, 9.17) is 9.84 Å². The minimum atomic E-state index is -0.906. The van der Waals surface area contributed by atoms with E-state index in [9.17, 15) is 9.59 Å². The molecule has 0 aliphatic carbocycles. The summed E-state index contributed by atoms with van der Waals surface area (Å²) in [5, 5.41) is 11.2. The van der Waals surface area contributed by atoms with Gasteiger partial charge in [-0.1, -0.05) is 6.92 Å². The molecule has 0 aromatic heterocycles. The highest BCUT2D eigenvalue weighted by Gasteiger charge is 2.28. The Morgan fingerprint density at radius 3 is 2.67 bits per heavy atom. The van der Waals surface area contributed by atoms with Crippen LogP contribution in [0.3, 0.4) is 0 Å². The van der Waals surface area contributed by atoms with Gasteiger partial charge in [-0.2, -0.15) is 0 Å². The minimum Gasteiger partial charge on any atom is -0.481 e. The maximum Gasteiger partial charge on any atom is 0.308 e. The average molecular weight is 215 g/mol. The third kappa shape index (κ3) is 3.51. The van der Waals surface area contributed by atoms with Gasteiger partial charge < -0.3 is 15.2 Å². The van der Waals surface area contributed by atoms with Gasteiger partial charge in [0, 0.05) is 6.54 Å². The normalized spacial score (nSPS) is 27.3. The van der Waals surface area contributed by atoms with Crippen molar-refractivity contribution >= 4 is 11.9 Å². The summed E-state index contributed by atoms with van der Waals surface area (Å²) in [5.41, 5.74) is 0. The molecule has 0 radical (unpaired) electrons. The monoisotopic (exact) mass is 215 g/mol. The second kappa shape index (κ2) is 5.11. The number of carbonyl (C=O) groups is 2. The van der Waals surface area contributed by atoms with Gasteiger partial charge in [0.25, 0.3) is 0 Å². The van der Waals surface area contributed by atoms with Crippen LogP contribution in [0.4, 0.5) is 0 Å². The van der Waals surface area contributed by atoms with Crippen LogP contribution in [0.15, 0.2) is 0 Å². The standard InChI is InChI=1S/C10H17NO4/c1-6(10(13)14)5-11-9(12)8-4-3-7(2)15-8/h6-8H,3-5H2,1-2H3,(H,11,12)(H,13,14). The van der Waals surface area contributed by atoms with E-state index in [-0.39, 0.29) is 18.6 Å². The number of amides is 1. The zero-order chi connectivity index (χ0) is 11.4. The van der Waals surface area contributed by atoms with E-state index in [0.717, 1.165) is 6.42 Å². The van der Waals surface area contributed by atoms with E-state index in [1.54, 1.807) is 6.92 Å². The van der Waals surface area contributed by atoms with Crippen LogP contribution in [0.25, 0.3) is 0 Å². The molecule has 3 unspecified atom stereocenters. The zero-order valence-electron chi connectivity index (χ0n) is 9.03. The first-order valence-electron chi connectivity index (χ1n) is 5.16. The molecular formula is C10H17NO4. The molecule has 0 spiro atoms. The molecule has 0 bridgehead atoms. The molecule has 0 aromatic rings. The van der Waals surface area contributed by atoms with Gasteiger partial charge in [0.15, 0.2) is 0 Å². The van der Waals surface area contributed by atoms with Gasteiger partial charge in [-0.05, 0) is 19.8 Å². The maximum atomic E-state index is 11.5. The Balaban J connectivity index is 2.27. The summed E-state index contributed by atoms with van der Waals surface area (Å²) in [4.78, 5) is 22.0. The Morgan fingerprint density at radius 2 is 2.20 bits per heavy atom. The molecule has 1 aliphatic heterocycles. The summed E-state index contributed by atoms with van der Waals surface area (Å²) >= 11 is 0. The number of hydrogen-bond acceptors (Lipinski definition) is 3. The summed E-state index contributed by atoms with van der Waals surface area (Å²) in [6, 6.07) is 0. The van der Waals surface area contributed by atoms with E-state index in [1.807, 2.05) is 6.92 Å². The summed E-state index contributed by atoms with van der Waals surface area (Å²) in [6.07, 6.45) is 1.32. The number of ether oxygens (including phenoxy) is 1. The molecule has 5 nitrogen and oxygen atoms in total. The SMILES string of the molecule is CC1CCC(C(=O)NCC(C)C(=O)O)O1. The van der Waals surface area contributed by atoms with E-state index < -0.39 is 18.0 Å². The van der Waals surface area contributed by atoms with E-state index in [0.29, 0.717) is 6.42 Å². The van der Waals surface area contributed by atoms with Crippen LogP contribution in [-0.2, 0) is 14.3 Å². The quantitative estimate of drug-likeness (QED) is 0.711. The molecule has 1 amide bonds. The fourth-order valence-corrected chi connectivity index (χ4v) is 1.45. The molecule has 1 rings (SSSR count). The van der Waals surface area contributed by atoms with E-state index >= 15 is 0 Å². The van der Waals surface area contributed by atoms with Crippen molar-refractivity contribution in [1.29, 1.82) is 0 Å². The van der Waals surface area contributed by atoms with Crippen molar-refractivity contribution in [3.8, 4) is 0 Å². The molecule has 3 atom stereocenters. The lowest BCUT2D eigenvalue weighted by molar-refractivity contribution is -0.141. The lowest BCUT2D eigenvalue weighted by atomic mass is 10.1. The van der Waals surface area contributed by atoms with Crippen LogP contribution in [0.1, 0.15) is 26.7 Å². The van der Waals surface area contributed by atoms with Crippen molar-refractivity contribution in [3.05, 3.63) is 0 Å². The maximum absolute atomic E-state index is 11.5. The Kier molecular flexibility index (Phi) is 4.08. The zero-order valence-corrected chi connectivity index (χ0v) is 9.03. The van der Waals surface area contributed by atoms with Gasteiger partial charge in [0.05, 0.1) is 12.0 Å². The van der Waals surface area contributed by atoms with E-state index in [2.05, 4.69) is 5.32 Å². The minimum absolute atomic E-state index is 0.123. The Morgan fingerprint density at radius 1 is 1.53 bits per heavy atom. The lowest BCUT2D eigenvalue weighted by Gasteiger charge is -2.13. The van der Waals surface area contributed by atoms with Gasteiger partial charge in [-0.15, -0.1) is 0 Å². The van der Waals surface area contributed by atoms with Crippen LogP contribution in [0.5, 0.6) is 0 Å². The van der Waals surface area contributed by atoms with Gasteiger partial charge >= 0.3 is 5.97 Å². The first kappa shape index (κ1) is 12.0. The van der Waals surface area contributed by atoms with Crippen LogP contribution < -0.4 is 5.32 Å². The molecule has 15 heavy (non-hydrogen) atoms. The molecule has 1 saturated heterocycles. The highest BCUT2D eigenvalue weighted by molar-refractivity contribution is 5.81. The molecule has 5 heteroatoms. The third-order valence-corrected chi connectivity index (χ3v) is 2.53. The van der Waals surface area contributed by atoms with Crippen LogP contribution in [0.2, 0.25) is 0 Å².